The summed E-state index contributed by atoms with van der Waals surface area (Å²) in [5.74, 6) is 0.579. The molecule has 0 saturated heterocycles. The monoisotopic (exact) mass is 295 g/mol. The van der Waals surface area contributed by atoms with Gasteiger partial charge < -0.3 is 26.1 Å². The Labute approximate surface area is 125 Å². The number of amidine groups is 1. The van der Waals surface area contributed by atoms with Gasteiger partial charge in [-0.25, -0.2) is 0 Å². The number of nitrogens with two attached hydrogens (primary N) is 1. The molecule has 118 valence electrons. The number of rotatable bonds is 8. The van der Waals surface area contributed by atoms with Gasteiger partial charge in [0.15, 0.2) is 5.84 Å². The molecule has 0 fully saturated rings. The number of hydrogen-bond donors (Lipinski definition) is 4. The summed E-state index contributed by atoms with van der Waals surface area (Å²) in [6.45, 7) is 4.98. The van der Waals surface area contributed by atoms with Gasteiger partial charge in [-0.15, -0.1) is 0 Å². The molecule has 0 aliphatic heterocycles. The van der Waals surface area contributed by atoms with Crippen molar-refractivity contribution in [3.05, 3.63) is 29.3 Å². The molecule has 0 spiro atoms. The van der Waals surface area contributed by atoms with Gasteiger partial charge in [0, 0.05) is 18.7 Å². The molecule has 1 aromatic rings. The van der Waals surface area contributed by atoms with Crippen LogP contribution < -0.4 is 15.8 Å². The lowest BCUT2D eigenvalue weighted by Gasteiger charge is -2.29. The van der Waals surface area contributed by atoms with Gasteiger partial charge in [-0.05, 0) is 37.5 Å². The summed E-state index contributed by atoms with van der Waals surface area (Å²) in [5.41, 5.74) is 7.08. The van der Waals surface area contributed by atoms with Gasteiger partial charge in [-0.3, -0.25) is 0 Å². The van der Waals surface area contributed by atoms with Gasteiger partial charge in [0.1, 0.15) is 5.75 Å². The summed E-state index contributed by atoms with van der Waals surface area (Å²) < 4.78 is 5.28. The molecule has 0 aliphatic rings. The predicted octanol–water partition coefficient (Wildman–Crippen LogP) is 1.43. The van der Waals surface area contributed by atoms with Crippen LogP contribution in [-0.2, 0) is 6.54 Å². The number of nitrogens with one attached hydrogen (secondary N) is 1. The van der Waals surface area contributed by atoms with Crippen LogP contribution in [0, 0.1) is 0 Å². The second kappa shape index (κ2) is 7.85. The van der Waals surface area contributed by atoms with E-state index in [4.69, 9.17) is 20.8 Å². The summed E-state index contributed by atoms with van der Waals surface area (Å²) in [7, 11) is 1.54. The van der Waals surface area contributed by atoms with Crippen LogP contribution in [0.25, 0.3) is 0 Å². The molecule has 1 aromatic carbocycles. The Morgan fingerprint density at radius 3 is 2.71 bits per heavy atom. The Bertz CT molecular complexity index is 491. The summed E-state index contributed by atoms with van der Waals surface area (Å²) in [6.07, 6.45) is 1.62. The van der Waals surface area contributed by atoms with Crippen LogP contribution in [0.1, 0.15) is 37.8 Å². The second-order valence-corrected chi connectivity index (χ2v) is 5.26. The van der Waals surface area contributed by atoms with Gasteiger partial charge in [0.25, 0.3) is 0 Å². The lowest BCUT2D eigenvalue weighted by atomic mass is 9.94. The van der Waals surface area contributed by atoms with Crippen LogP contribution in [0.2, 0.25) is 0 Å². The zero-order chi connectivity index (χ0) is 15.9. The van der Waals surface area contributed by atoms with Crippen molar-refractivity contribution in [2.75, 3.05) is 13.7 Å². The molecule has 1 atom stereocenters. The molecular weight excluding hydrogens is 270 g/mol. The highest BCUT2D eigenvalue weighted by Gasteiger charge is 2.20. The predicted molar refractivity (Wildman–Crippen MR) is 82.7 cm³/mol. The van der Waals surface area contributed by atoms with Crippen LogP contribution in [-0.4, -0.2) is 35.4 Å². The van der Waals surface area contributed by atoms with Crippen molar-refractivity contribution in [1.82, 2.24) is 5.32 Å². The van der Waals surface area contributed by atoms with E-state index in [0.29, 0.717) is 24.3 Å². The van der Waals surface area contributed by atoms with Gasteiger partial charge in [-0.1, -0.05) is 18.1 Å². The third-order valence-corrected chi connectivity index (χ3v) is 3.81. The molecule has 0 aromatic heterocycles. The largest absolute Gasteiger partial charge is 0.496 e. The first kappa shape index (κ1) is 17.3. The molecule has 5 N–H and O–H groups in total. The molecule has 0 heterocycles. The lowest BCUT2D eigenvalue weighted by molar-refractivity contribution is 0.214. The van der Waals surface area contributed by atoms with E-state index in [2.05, 4.69) is 24.3 Å². The Hall–Kier alpha value is -1.79. The number of aliphatic hydroxyl groups is 1. The van der Waals surface area contributed by atoms with Crippen molar-refractivity contribution < 1.29 is 15.1 Å². The van der Waals surface area contributed by atoms with Gasteiger partial charge in [0.05, 0.1) is 12.7 Å². The molecule has 0 radical (unpaired) electrons. The summed E-state index contributed by atoms with van der Waals surface area (Å²) >= 11 is 0. The number of ether oxygens (including phenoxy) is 1. The Morgan fingerprint density at radius 2 is 2.19 bits per heavy atom. The number of aliphatic hydroxyl groups excluding tert-OH is 1. The van der Waals surface area contributed by atoms with E-state index in [1.54, 1.807) is 13.2 Å². The molecule has 0 aliphatic carbocycles. The van der Waals surface area contributed by atoms with Crippen LogP contribution in [0.5, 0.6) is 5.75 Å². The first-order valence-electron chi connectivity index (χ1n) is 7.00. The van der Waals surface area contributed by atoms with Crippen molar-refractivity contribution in [1.29, 1.82) is 0 Å². The number of oxime groups is 1. The molecule has 0 saturated carbocycles. The SMILES string of the molecule is CCC(C)(CCO)NCc1ccc(/C(N)=N/O)c(OC)c1. The van der Waals surface area contributed by atoms with E-state index in [0.717, 1.165) is 12.0 Å². The average Bonchev–Trinajstić information content (AvgIpc) is 2.52. The maximum Gasteiger partial charge on any atom is 0.173 e. The smallest absolute Gasteiger partial charge is 0.173 e. The fourth-order valence-corrected chi connectivity index (χ4v) is 2.06. The standard InChI is InChI=1S/C15H25N3O3/c1-4-15(2,7-8-19)17-10-11-5-6-12(14(16)18-20)13(9-11)21-3/h5-6,9,17,19-20H,4,7-8,10H2,1-3H3,(H2,16,18). The highest BCUT2D eigenvalue weighted by molar-refractivity contribution is 5.99. The number of nitrogens with zero attached hydrogens (tertiary/aromatic N) is 1. The third kappa shape index (κ3) is 4.61. The maximum atomic E-state index is 9.13. The van der Waals surface area contributed by atoms with Crippen LogP contribution in [0.15, 0.2) is 23.4 Å². The van der Waals surface area contributed by atoms with Crippen LogP contribution in [0.3, 0.4) is 0 Å². The molecule has 0 amide bonds. The minimum Gasteiger partial charge on any atom is -0.496 e. The minimum absolute atomic E-state index is 0.0186. The molecule has 6 nitrogen and oxygen atoms in total. The summed E-state index contributed by atoms with van der Waals surface area (Å²) in [5, 5.41) is 24.3. The Morgan fingerprint density at radius 1 is 1.48 bits per heavy atom. The van der Waals surface area contributed by atoms with E-state index in [-0.39, 0.29) is 18.0 Å². The molecule has 1 unspecified atom stereocenters. The second-order valence-electron chi connectivity index (χ2n) is 5.26. The van der Waals surface area contributed by atoms with Crippen LogP contribution >= 0.6 is 0 Å². The molecule has 0 bridgehead atoms. The van der Waals surface area contributed by atoms with E-state index < -0.39 is 0 Å². The molecule has 6 heteroatoms. The number of benzene rings is 1. The first-order chi connectivity index (χ1) is 9.99. The quantitative estimate of drug-likeness (QED) is 0.252. The normalized spacial score (nSPS) is 14.8. The number of methoxy groups -OCH3 is 1. The van der Waals surface area contributed by atoms with E-state index >= 15 is 0 Å². The lowest BCUT2D eigenvalue weighted by Crippen LogP contribution is -2.42. The van der Waals surface area contributed by atoms with Gasteiger partial charge in [-0.2, -0.15) is 0 Å². The van der Waals surface area contributed by atoms with Crippen molar-refractivity contribution in [2.24, 2.45) is 10.9 Å². The fraction of sp³-hybridized carbons (Fsp3) is 0.533. The first-order valence-corrected chi connectivity index (χ1v) is 7.00. The fourth-order valence-electron chi connectivity index (χ4n) is 2.06. The van der Waals surface area contributed by atoms with Crippen molar-refractivity contribution in [3.8, 4) is 5.75 Å². The highest BCUT2D eigenvalue weighted by Crippen LogP contribution is 2.21. The Kier molecular flexibility index (Phi) is 6.45. The summed E-state index contributed by atoms with van der Waals surface area (Å²) in [6, 6.07) is 5.52. The van der Waals surface area contributed by atoms with E-state index in [9.17, 15) is 0 Å². The maximum absolute atomic E-state index is 9.13. The van der Waals surface area contributed by atoms with Crippen molar-refractivity contribution >= 4 is 5.84 Å². The van der Waals surface area contributed by atoms with Crippen molar-refractivity contribution in [3.63, 3.8) is 0 Å². The molecule has 21 heavy (non-hydrogen) atoms. The zero-order valence-electron chi connectivity index (χ0n) is 12.9. The third-order valence-electron chi connectivity index (χ3n) is 3.81. The zero-order valence-corrected chi connectivity index (χ0v) is 12.9. The average molecular weight is 295 g/mol. The van der Waals surface area contributed by atoms with Crippen molar-refractivity contribution in [2.45, 2.75) is 38.8 Å². The topological polar surface area (TPSA) is 100 Å². The molecule has 1 rings (SSSR count). The van der Waals surface area contributed by atoms with Crippen LogP contribution in [0.4, 0.5) is 0 Å². The van der Waals surface area contributed by atoms with Gasteiger partial charge in [0.2, 0.25) is 0 Å². The molecular formula is C15H25N3O3. The van der Waals surface area contributed by atoms with Gasteiger partial charge >= 0.3 is 0 Å². The minimum atomic E-state index is -0.105. The van der Waals surface area contributed by atoms with E-state index in [1.807, 2.05) is 12.1 Å². The number of hydrogen-bond acceptors (Lipinski definition) is 5. The Balaban J connectivity index is 2.86. The highest BCUT2D eigenvalue weighted by atomic mass is 16.5. The van der Waals surface area contributed by atoms with E-state index in [1.165, 1.54) is 0 Å². The summed E-state index contributed by atoms with van der Waals surface area (Å²) in [4.78, 5) is 0.